The number of fused-ring (bicyclic) bond motifs is 6. The van der Waals surface area contributed by atoms with Crippen molar-refractivity contribution in [2.24, 2.45) is 11.8 Å². The maximum absolute atomic E-state index is 11.6. The number of nitrogens with zero attached hydrogens (tertiary/aromatic N) is 1. The molecule has 0 amide bonds. The van der Waals surface area contributed by atoms with Gasteiger partial charge >= 0.3 is 5.97 Å². The molecule has 0 radical (unpaired) electrons. The van der Waals surface area contributed by atoms with Crippen LogP contribution >= 0.6 is 0 Å². The Labute approximate surface area is 164 Å². The minimum absolute atomic E-state index is 0.124. The molecule has 148 valence electrons. The second-order valence-electron chi connectivity index (χ2n) is 8.15. The molecule has 0 spiro atoms. The maximum atomic E-state index is 11.6. The fraction of sp³-hybridized carbons (Fsp3) is 0.500. The van der Waals surface area contributed by atoms with Crippen molar-refractivity contribution in [2.45, 2.75) is 38.8 Å². The zero-order valence-electron chi connectivity index (χ0n) is 16.5. The number of hydrogen-bond donors (Lipinski definition) is 1. The minimum atomic E-state index is -0.285. The Morgan fingerprint density at radius 3 is 3.00 bits per heavy atom. The van der Waals surface area contributed by atoms with E-state index in [-0.39, 0.29) is 18.0 Å². The predicted molar refractivity (Wildman–Crippen MR) is 105 cm³/mol. The molecule has 1 N–H and O–H groups in total. The number of carbonyl (C=O) groups is 1. The first kappa shape index (κ1) is 17.6. The van der Waals surface area contributed by atoms with Gasteiger partial charge in [0.05, 0.1) is 19.3 Å². The number of benzene rings is 1. The summed E-state index contributed by atoms with van der Waals surface area (Å²) in [5, 5.41) is 1.29. The lowest BCUT2D eigenvalue weighted by atomic mass is 9.74. The van der Waals surface area contributed by atoms with Crippen LogP contribution in [0.5, 0.6) is 5.75 Å². The van der Waals surface area contributed by atoms with Gasteiger partial charge in [-0.3, -0.25) is 9.69 Å². The zero-order chi connectivity index (χ0) is 19.4. The number of aromatic amines is 1. The largest absolute Gasteiger partial charge is 0.497 e. The lowest BCUT2D eigenvalue weighted by Gasteiger charge is -2.49. The highest BCUT2D eigenvalue weighted by Crippen LogP contribution is 2.47. The van der Waals surface area contributed by atoms with E-state index in [0.717, 1.165) is 37.2 Å². The molecule has 1 fully saturated rings. The van der Waals surface area contributed by atoms with Crippen molar-refractivity contribution >= 4 is 16.9 Å². The van der Waals surface area contributed by atoms with E-state index in [1.54, 1.807) is 13.4 Å². The second-order valence-corrected chi connectivity index (χ2v) is 8.15. The summed E-state index contributed by atoms with van der Waals surface area (Å²) in [6.07, 6.45) is 3.74. The Morgan fingerprint density at radius 2 is 2.21 bits per heavy atom. The lowest BCUT2D eigenvalue weighted by molar-refractivity contribution is -0.141. The van der Waals surface area contributed by atoms with Gasteiger partial charge in [0, 0.05) is 54.5 Å². The number of piperidine rings is 1. The SMILES string of the molecule is COc1ccc2c3c([nH]c2c1)[C@@H]1C[C@@H]2C(OC(C)=O)=CO[C@@H](C)[C@H]2CN1CC3. The molecule has 4 heterocycles. The molecule has 1 aromatic heterocycles. The summed E-state index contributed by atoms with van der Waals surface area (Å²) >= 11 is 0. The van der Waals surface area contributed by atoms with Crippen LogP contribution in [0.2, 0.25) is 0 Å². The van der Waals surface area contributed by atoms with Crippen LogP contribution in [-0.4, -0.2) is 42.2 Å². The van der Waals surface area contributed by atoms with Gasteiger partial charge in [0.1, 0.15) is 17.8 Å². The summed E-state index contributed by atoms with van der Waals surface area (Å²) in [6, 6.07) is 6.56. The van der Waals surface area contributed by atoms with Gasteiger partial charge in [-0.25, -0.2) is 0 Å². The quantitative estimate of drug-likeness (QED) is 0.805. The Morgan fingerprint density at radius 1 is 1.36 bits per heavy atom. The highest BCUT2D eigenvalue weighted by molar-refractivity contribution is 5.86. The Hall–Kier alpha value is -2.47. The minimum Gasteiger partial charge on any atom is -0.497 e. The summed E-state index contributed by atoms with van der Waals surface area (Å²) in [5.74, 6) is 1.79. The van der Waals surface area contributed by atoms with Crippen molar-refractivity contribution in [3.63, 3.8) is 0 Å². The van der Waals surface area contributed by atoms with Gasteiger partial charge in [-0.1, -0.05) is 0 Å². The number of aromatic nitrogens is 1. The number of hydrogen-bond acceptors (Lipinski definition) is 5. The van der Waals surface area contributed by atoms with E-state index in [2.05, 4.69) is 28.9 Å². The molecule has 6 nitrogen and oxygen atoms in total. The Bertz CT molecular complexity index is 963. The molecule has 0 saturated carbocycles. The Kier molecular flexibility index (Phi) is 4.12. The number of esters is 1. The molecule has 0 aliphatic carbocycles. The molecule has 0 unspecified atom stereocenters. The molecule has 2 aromatic rings. The van der Waals surface area contributed by atoms with Crippen molar-refractivity contribution in [2.75, 3.05) is 20.2 Å². The Balaban J connectivity index is 1.52. The first-order chi connectivity index (χ1) is 13.5. The van der Waals surface area contributed by atoms with E-state index in [0.29, 0.717) is 17.7 Å². The van der Waals surface area contributed by atoms with Crippen molar-refractivity contribution in [3.05, 3.63) is 41.5 Å². The highest BCUT2D eigenvalue weighted by Gasteiger charge is 2.46. The summed E-state index contributed by atoms with van der Waals surface area (Å²) in [5.41, 5.74) is 3.84. The van der Waals surface area contributed by atoms with Gasteiger partial charge in [0.2, 0.25) is 0 Å². The molecule has 1 aromatic carbocycles. The van der Waals surface area contributed by atoms with E-state index >= 15 is 0 Å². The molecule has 5 rings (SSSR count). The van der Waals surface area contributed by atoms with Gasteiger partial charge in [-0.05, 0) is 37.5 Å². The van der Waals surface area contributed by atoms with Gasteiger partial charge in [0.25, 0.3) is 0 Å². The number of allylic oxidation sites excluding steroid dienone is 1. The molecule has 6 heteroatoms. The van der Waals surface area contributed by atoms with Gasteiger partial charge < -0.3 is 19.2 Å². The van der Waals surface area contributed by atoms with E-state index in [1.807, 2.05) is 6.07 Å². The first-order valence-electron chi connectivity index (χ1n) is 10.0. The fourth-order valence-electron chi connectivity index (χ4n) is 5.26. The van der Waals surface area contributed by atoms with Crippen LogP contribution in [0.4, 0.5) is 0 Å². The van der Waals surface area contributed by atoms with Crippen molar-refractivity contribution < 1.29 is 19.0 Å². The average molecular weight is 382 g/mol. The summed E-state index contributed by atoms with van der Waals surface area (Å²) in [6.45, 7) is 5.56. The topological polar surface area (TPSA) is 63.8 Å². The smallest absolute Gasteiger partial charge is 0.307 e. The average Bonchev–Trinajstić information content (AvgIpc) is 3.07. The summed E-state index contributed by atoms with van der Waals surface area (Å²) in [7, 11) is 1.70. The molecule has 4 atom stereocenters. The van der Waals surface area contributed by atoms with Crippen LogP contribution in [0.1, 0.15) is 37.6 Å². The van der Waals surface area contributed by atoms with Crippen LogP contribution in [-0.2, 0) is 20.7 Å². The molecule has 3 aliphatic rings. The van der Waals surface area contributed by atoms with Crippen molar-refractivity contribution in [1.29, 1.82) is 0 Å². The number of methoxy groups -OCH3 is 1. The molecule has 3 aliphatic heterocycles. The van der Waals surface area contributed by atoms with Crippen LogP contribution < -0.4 is 4.74 Å². The second kappa shape index (κ2) is 6.55. The predicted octanol–water partition coefficient (Wildman–Crippen LogP) is 3.54. The van der Waals surface area contributed by atoms with Gasteiger partial charge in [-0.15, -0.1) is 0 Å². The standard InChI is InChI=1S/C22H26N2O4/c1-12-18-10-24-7-6-16-15-5-4-14(26-3)8-19(15)23-22(16)20(24)9-17(18)21(11-27-12)28-13(2)25/h4-5,8,11-12,17-18,20,23H,6-7,9-10H2,1-3H3/t12-,17-,18+,20-/m0/s1. The van der Waals surface area contributed by atoms with Crippen LogP contribution in [0.25, 0.3) is 10.9 Å². The number of H-pyrrole nitrogens is 1. The number of rotatable bonds is 2. The van der Waals surface area contributed by atoms with Gasteiger partial charge in [-0.2, -0.15) is 0 Å². The lowest BCUT2D eigenvalue weighted by Crippen LogP contribution is -2.51. The summed E-state index contributed by atoms with van der Waals surface area (Å²) < 4.78 is 16.7. The van der Waals surface area contributed by atoms with Crippen molar-refractivity contribution in [3.8, 4) is 5.75 Å². The first-order valence-corrected chi connectivity index (χ1v) is 10.0. The third-order valence-electron chi connectivity index (χ3n) is 6.64. The van der Waals surface area contributed by atoms with Crippen molar-refractivity contribution in [1.82, 2.24) is 9.88 Å². The van der Waals surface area contributed by atoms with Crippen LogP contribution in [0.15, 0.2) is 30.2 Å². The van der Waals surface area contributed by atoms with Gasteiger partial charge in [0.15, 0.2) is 0 Å². The highest BCUT2D eigenvalue weighted by atomic mass is 16.6. The normalized spacial score (nSPS) is 29.2. The number of ether oxygens (including phenoxy) is 3. The van der Waals surface area contributed by atoms with E-state index in [4.69, 9.17) is 14.2 Å². The number of nitrogens with one attached hydrogen (secondary N) is 1. The van der Waals surface area contributed by atoms with Crippen LogP contribution in [0, 0.1) is 11.8 Å². The zero-order valence-corrected chi connectivity index (χ0v) is 16.5. The maximum Gasteiger partial charge on any atom is 0.307 e. The third-order valence-corrected chi connectivity index (χ3v) is 6.64. The molecule has 1 saturated heterocycles. The van der Waals surface area contributed by atoms with E-state index < -0.39 is 0 Å². The molecule has 0 bridgehead atoms. The molecule has 28 heavy (non-hydrogen) atoms. The monoisotopic (exact) mass is 382 g/mol. The molecular formula is C22H26N2O4. The molecular weight excluding hydrogens is 356 g/mol. The number of carbonyl (C=O) groups excluding carboxylic acids is 1. The summed E-state index contributed by atoms with van der Waals surface area (Å²) in [4.78, 5) is 17.8. The fourth-order valence-corrected chi connectivity index (χ4v) is 5.26. The van der Waals surface area contributed by atoms with Crippen LogP contribution in [0.3, 0.4) is 0 Å². The van der Waals surface area contributed by atoms with E-state index in [1.165, 1.54) is 23.6 Å². The van der Waals surface area contributed by atoms with E-state index in [9.17, 15) is 4.79 Å². The third kappa shape index (κ3) is 2.70.